The Labute approximate surface area is 102 Å². The van der Waals surface area contributed by atoms with Crippen LogP contribution in [0.3, 0.4) is 0 Å². The third-order valence-corrected chi connectivity index (χ3v) is 2.19. The summed E-state index contributed by atoms with van der Waals surface area (Å²) in [6, 6.07) is 7.10. The summed E-state index contributed by atoms with van der Waals surface area (Å²) >= 11 is 0. The van der Waals surface area contributed by atoms with Gasteiger partial charge in [0.25, 0.3) is 0 Å². The molecule has 0 unspecified atom stereocenters. The van der Waals surface area contributed by atoms with E-state index >= 15 is 0 Å². The zero-order chi connectivity index (χ0) is 12.9. The lowest BCUT2D eigenvalue weighted by Crippen LogP contribution is -2.31. The summed E-state index contributed by atoms with van der Waals surface area (Å²) < 4.78 is 10.6. The van der Waals surface area contributed by atoms with Gasteiger partial charge in [-0.3, -0.25) is 0 Å². The minimum atomic E-state index is -0.907. The largest absolute Gasteiger partial charge is 0.430 e. The van der Waals surface area contributed by atoms with Crippen molar-refractivity contribution in [1.29, 1.82) is 0 Å². The fourth-order valence-corrected chi connectivity index (χ4v) is 1.45. The number of benzene rings is 1. The number of esters is 1. The van der Waals surface area contributed by atoms with Crippen LogP contribution >= 0.6 is 0 Å². The average molecular weight is 234 g/mol. The molecule has 0 aliphatic rings. The second-order valence-corrected chi connectivity index (χ2v) is 4.05. The first kappa shape index (κ1) is 13.5. The number of hydrogen-bond donors (Lipinski definition) is 0. The van der Waals surface area contributed by atoms with Crippen LogP contribution in [0.15, 0.2) is 30.8 Å². The predicted octanol–water partition coefficient (Wildman–Crippen LogP) is 3.26. The third-order valence-electron chi connectivity index (χ3n) is 2.19. The Morgan fingerprint density at radius 3 is 2.76 bits per heavy atom. The second kappa shape index (κ2) is 5.64. The molecule has 0 heterocycles. The van der Waals surface area contributed by atoms with Crippen LogP contribution in [0.5, 0.6) is 0 Å². The summed E-state index contributed by atoms with van der Waals surface area (Å²) in [4.78, 5) is 11.9. The summed E-state index contributed by atoms with van der Waals surface area (Å²) in [6.07, 6.45) is 1.68. The molecule has 3 nitrogen and oxygen atoms in total. The number of hydrogen-bond acceptors (Lipinski definition) is 3. The van der Waals surface area contributed by atoms with Crippen LogP contribution in [-0.2, 0) is 9.47 Å². The summed E-state index contributed by atoms with van der Waals surface area (Å²) in [5.41, 5.74) is 1.38. The maximum Gasteiger partial charge on any atom is 0.340 e. The zero-order valence-electron chi connectivity index (χ0n) is 10.5. The molecule has 1 rings (SSSR count). The van der Waals surface area contributed by atoms with Gasteiger partial charge in [-0.2, -0.15) is 0 Å². The Kier molecular flexibility index (Phi) is 4.46. The van der Waals surface area contributed by atoms with E-state index < -0.39 is 11.8 Å². The van der Waals surface area contributed by atoms with Gasteiger partial charge in [-0.25, -0.2) is 4.79 Å². The van der Waals surface area contributed by atoms with E-state index in [0.29, 0.717) is 12.2 Å². The molecule has 17 heavy (non-hydrogen) atoms. The van der Waals surface area contributed by atoms with Crippen LogP contribution < -0.4 is 0 Å². The van der Waals surface area contributed by atoms with Crippen molar-refractivity contribution in [1.82, 2.24) is 0 Å². The predicted molar refractivity (Wildman–Crippen MR) is 67.7 cm³/mol. The standard InChI is InChI=1S/C14H18O3/c1-5-11-8-7-9-12(10-11)13(15)17-14(3,4)16-6-2/h5,7-10H,1,6H2,2-4H3. The van der Waals surface area contributed by atoms with Gasteiger partial charge in [0, 0.05) is 20.5 Å². The van der Waals surface area contributed by atoms with E-state index in [0.717, 1.165) is 5.56 Å². The van der Waals surface area contributed by atoms with Gasteiger partial charge in [0.15, 0.2) is 0 Å². The molecule has 0 aliphatic heterocycles. The van der Waals surface area contributed by atoms with E-state index in [1.807, 2.05) is 13.0 Å². The molecule has 92 valence electrons. The monoisotopic (exact) mass is 234 g/mol. The maximum atomic E-state index is 11.9. The Morgan fingerprint density at radius 1 is 1.47 bits per heavy atom. The average Bonchev–Trinajstić information content (AvgIpc) is 2.28. The molecule has 0 spiro atoms. The van der Waals surface area contributed by atoms with Crippen molar-refractivity contribution in [2.24, 2.45) is 0 Å². The normalized spacial score (nSPS) is 11.0. The molecule has 0 N–H and O–H groups in total. The maximum absolute atomic E-state index is 11.9. The smallest absolute Gasteiger partial charge is 0.340 e. The molecule has 0 radical (unpaired) electrons. The molecule has 1 aromatic rings. The first-order valence-corrected chi connectivity index (χ1v) is 5.58. The molecule has 0 saturated heterocycles. The lowest BCUT2D eigenvalue weighted by atomic mass is 10.1. The summed E-state index contributed by atoms with van der Waals surface area (Å²) in [5.74, 6) is -1.30. The summed E-state index contributed by atoms with van der Waals surface area (Å²) in [7, 11) is 0. The van der Waals surface area contributed by atoms with Gasteiger partial charge in [0.2, 0.25) is 5.79 Å². The van der Waals surface area contributed by atoms with Crippen molar-refractivity contribution in [3.63, 3.8) is 0 Å². The molecule has 0 bridgehead atoms. The molecule has 0 aliphatic carbocycles. The molecule has 0 atom stereocenters. The van der Waals surface area contributed by atoms with E-state index in [2.05, 4.69) is 6.58 Å². The summed E-state index contributed by atoms with van der Waals surface area (Å²) in [6.45, 7) is 9.43. The van der Waals surface area contributed by atoms with Crippen LogP contribution in [-0.4, -0.2) is 18.4 Å². The molecule has 1 aromatic carbocycles. The quantitative estimate of drug-likeness (QED) is 0.579. The molecule has 0 amide bonds. The molecule has 0 fully saturated rings. The van der Waals surface area contributed by atoms with Crippen molar-refractivity contribution < 1.29 is 14.3 Å². The van der Waals surface area contributed by atoms with E-state index in [1.54, 1.807) is 38.1 Å². The second-order valence-electron chi connectivity index (χ2n) is 4.05. The highest BCUT2D eigenvalue weighted by Gasteiger charge is 2.23. The van der Waals surface area contributed by atoms with Crippen LogP contribution in [0.4, 0.5) is 0 Å². The van der Waals surface area contributed by atoms with Gasteiger partial charge >= 0.3 is 5.97 Å². The van der Waals surface area contributed by atoms with E-state index in [-0.39, 0.29) is 0 Å². The Hall–Kier alpha value is -1.61. The van der Waals surface area contributed by atoms with E-state index in [4.69, 9.17) is 9.47 Å². The van der Waals surface area contributed by atoms with Gasteiger partial charge in [0.05, 0.1) is 5.56 Å². The van der Waals surface area contributed by atoms with Gasteiger partial charge in [-0.05, 0) is 24.6 Å². The van der Waals surface area contributed by atoms with Crippen LogP contribution in [0.25, 0.3) is 6.08 Å². The molecular formula is C14H18O3. The molecule has 0 aromatic heterocycles. The topological polar surface area (TPSA) is 35.5 Å². The lowest BCUT2D eigenvalue weighted by Gasteiger charge is -2.24. The molecule has 3 heteroatoms. The van der Waals surface area contributed by atoms with Crippen LogP contribution in [0, 0.1) is 0 Å². The Morgan fingerprint density at radius 2 is 2.18 bits per heavy atom. The van der Waals surface area contributed by atoms with Gasteiger partial charge in [-0.15, -0.1) is 0 Å². The van der Waals surface area contributed by atoms with E-state index in [1.165, 1.54) is 0 Å². The first-order valence-electron chi connectivity index (χ1n) is 5.58. The highest BCUT2D eigenvalue weighted by molar-refractivity contribution is 5.90. The number of carbonyl (C=O) groups excluding carboxylic acids is 1. The van der Waals surface area contributed by atoms with Crippen molar-refractivity contribution in [2.75, 3.05) is 6.61 Å². The van der Waals surface area contributed by atoms with Crippen molar-refractivity contribution in [2.45, 2.75) is 26.6 Å². The van der Waals surface area contributed by atoms with Gasteiger partial charge in [-0.1, -0.05) is 24.8 Å². The Bertz CT molecular complexity index is 408. The van der Waals surface area contributed by atoms with Crippen molar-refractivity contribution in [3.05, 3.63) is 42.0 Å². The fraction of sp³-hybridized carbons (Fsp3) is 0.357. The number of rotatable bonds is 5. The minimum Gasteiger partial charge on any atom is -0.430 e. The first-order chi connectivity index (χ1) is 7.98. The SMILES string of the molecule is C=Cc1cccc(C(=O)OC(C)(C)OCC)c1. The van der Waals surface area contributed by atoms with Crippen molar-refractivity contribution in [3.8, 4) is 0 Å². The Balaban J connectivity index is 2.79. The number of carbonyl (C=O) groups is 1. The van der Waals surface area contributed by atoms with Gasteiger partial charge < -0.3 is 9.47 Å². The minimum absolute atomic E-state index is 0.396. The van der Waals surface area contributed by atoms with Crippen LogP contribution in [0.1, 0.15) is 36.7 Å². The number of ether oxygens (including phenoxy) is 2. The molecule has 0 saturated carbocycles. The van der Waals surface area contributed by atoms with E-state index in [9.17, 15) is 4.79 Å². The zero-order valence-corrected chi connectivity index (χ0v) is 10.5. The third kappa shape index (κ3) is 4.04. The summed E-state index contributed by atoms with van der Waals surface area (Å²) in [5, 5.41) is 0. The van der Waals surface area contributed by atoms with Crippen molar-refractivity contribution >= 4 is 12.0 Å². The van der Waals surface area contributed by atoms with Gasteiger partial charge in [0.1, 0.15) is 0 Å². The van der Waals surface area contributed by atoms with Crippen LogP contribution in [0.2, 0.25) is 0 Å². The highest BCUT2D eigenvalue weighted by Crippen LogP contribution is 2.15. The highest BCUT2D eigenvalue weighted by atomic mass is 16.7. The lowest BCUT2D eigenvalue weighted by molar-refractivity contribution is -0.175. The molecular weight excluding hydrogens is 216 g/mol. The fourth-order valence-electron chi connectivity index (χ4n) is 1.45.